The molecule has 1 spiro atoms. The Kier molecular flexibility index (Phi) is 3.37. The van der Waals surface area contributed by atoms with E-state index in [2.05, 4.69) is 21.9 Å². The van der Waals surface area contributed by atoms with Crippen LogP contribution >= 0.6 is 0 Å². The average Bonchev–Trinajstić information content (AvgIpc) is 3.24. The Morgan fingerprint density at radius 1 is 1.35 bits per heavy atom. The minimum atomic E-state index is -0.429. The van der Waals surface area contributed by atoms with Gasteiger partial charge in [0.1, 0.15) is 11.4 Å². The van der Waals surface area contributed by atoms with E-state index in [0.29, 0.717) is 19.7 Å². The van der Waals surface area contributed by atoms with Crippen LogP contribution in [0.15, 0.2) is 36.7 Å². The molecule has 1 N–H and O–H groups in total. The van der Waals surface area contributed by atoms with Gasteiger partial charge in [0.15, 0.2) is 0 Å². The van der Waals surface area contributed by atoms with E-state index in [-0.39, 0.29) is 5.91 Å². The van der Waals surface area contributed by atoms with Gasteiger partial charge in [-0.3, -0.25) is 4.79 Å². The highest BCUT2D eigenvalue weighted by atomic mass is 16.5. The summed E-state index contributed by atoms with van der Waals surface area (Å²) in [4.78, 5) is 27.1. The number of carbonyl (C=O) groups is 1. The molecule has 6 heteroatoms. The lowest BCUT2D eigenvalue weighted by molar-refractivity contribution is -0.126. The van der Waals surface area contributed by atoms with Crippen molar-refractivity contribution in [2.24, 2.45) is 0 Å². The number of nitrogens with zero attached hydrogens (tertiary/aromatic N) is 3. The molecule has 1 fully saturated rings. The van der Waals surface area contributed by atoms with Crippen LogP contribution in [-0.4, -0.2) is 38.8 Å². The molecule has 2 aliphatic rings. The monoisotopic (exact) mass is 348 g/mol. The Hall–Kier alpha value is -2.73. The number of carbonyl (C=O) groups excluding carboxylic acids is 1. The van der Waals surface area contributed by atoms with Crippen molar-refractivity contribution in [2.45, 2.75) is 32.0 Å². The number of H-pyrrole nitrogens is 1. The molecule has 0 aliphatic carbocycles. The van der Waals surface area contributed by atoms with Crippen LogP contribution in [0, 0.1) is 0 Å². The summed E-state index contributed by atoms with van der Waals surface area (Å²) in [5.74, 6) is 0.916. The van der Waals surface area contributed by atoms with Gasteiger partial charge in [0.05, 0.1) is 25.4 Å². The van der Waals surface area contributed by atoms with Gasteiger partial charge in [-0.05, 0) is 24.6 Å². The Balaban J connectivity index is 1.38. The summed E-state index contributed by atoms with van der Waals surface area (Å²) in [6, 6.07) is 7.72. The Labute approximate surface area is 151 Å². The molecule has 0 unspecified atom stereocenters. The predicted octanol–water partition coefficient (Wildman–Crippen LogP) is 2.79. The molecule has 0 bridgehead atoms. The van der Waals surface area contributed by atoms with Gasteiger partial charge in [0.25, 0.3) is 5.91 Å². The summed E-state index contributed by atoms with van der Waals surface area (Å²) in [5.41, 5.74) is 3.29. The third-order valence-electron chi connectivity index (χ3n) is 5.37. The number of nitrogens with one attached hydrogen (secondary N) is 1. The SMILES string of the molecule is CCCc1ncc2c(n1)COC21CN(C(=O)c2cccc3[nH]ccc23)C1. The zero-order chi connectivity index (χ0) is 17.7. The molecule has 2 aliphatic heterocycles. The molecule has 4 heterocycles. The van der Waals surface area contributed by atoms with Crippen molar-refractivity contribution < 1.29 is 9.53 Å². The van der Waals surface area contributed by atoms with E-state index in [1.165, 1.54) is 0 Å². The van der Waals surface area contributed by atoms with Crippen molar-refractivity contribution >= 4 is 16.8 Å². The molecule has 0 saturated carbocycles. The van der Waals surface area contributed by atoms with Crippen molar-refractivity contribution in [3.63, 3.8) is 0 Å². The van der Waals surface area contributed by atoms with Crippen molar-refractivity contribution in [3.8, 4) is 0 Å². The summed E-state index contributed by atoms with van der Waals surface area (Å²) in [6.45, 7) is 3.73. The van der Waals surface area contributed by atoms with Crippen molar-refractivity contribution in [2.75, 3.05) is 13.1 Å². The highest BCUT2D eigenvalue weighted by Crippen LogP contribution is 2.43. The molecule has 3 aromatic rings. The van der Waals surface area contributed by atoms with E-state index >= 15 is 0 Å². The fourth-order valence-corrected chi connectivity index (χ4v) is 4.00. The first-order valence-corrected chi connectivity index (χ1v) is 9.05. The molecule has 5 rings (SSSR count). The molecule has 1 saturated heterocycles. The van der Waals surface area contributed by atoms with Crippen LogP contribution in [0.5, 0.6) is 0 Å². The van der Waals surface area contributed by atoms with E-state index < -0.39 is 5.60 Å². The van der Waals surface area contributed by atoms with E-state index in [1.54, 1.807) is 0 Å². The zero-order valence-corrected chi connectivity index (χ0v) is 14.7. The van der Waals surface area contributed by atoms with Gasteiger partial charge in [-0.1, -0.05) is 13.0 Å². The zero-order valence-electron chi connectivity index (χ0n) is 14.7. The average molecular weight is 348 g/mol. The van der Waals surface area contributed by atoms with Crippen molar-refractivity contribution in [1.82, 2.24) is 19.9 Å². The van der Waals surface area contributed by atoms with Gasteiger partial charge in [-0.2, -0.15) is 0 Å². The summed E-state index contributed by atoms with van der Waals surface area (Å²) in [7, 11) is 0. The van der Waals surface area contributed by atoms with Gasteiger partial charge in [-0.15, -0.1) is 0 Å². The largest absolute Gasteiger partial charge is 0.361 e. The number of hydrogen-bond donors (Lipinski definition) is 1. The molecule has 1 amide bonds. The highest BCUT2D eigenvalue weighted by Gasteiger charge is 2.52. The fourth-order valence-electron chi connectivity index (χ4n) is 4.00. The summed E-state index contributed by atoms with van der Waals surface area (Å²) >= 11 is 0. The van der Waals surface area contributed by atoms with Gasteiger partial charge >= 0.3 is 0 Å². The number of fused-ring (bicyclic) bond motifs is 3. The van der Waals surface area contributed by atoms with Crippen LogP contribution in [0.3, 0.4) is 0 Å². The first-order chi connectivity index (χ1) is 12.7. The van der Waals surface area contributed by atoms with Crippen LogP contribution in [0.25, 0.3) is 10.9 Å². The van der Waals surface area contributed by atoms with Gasteiger partial charge in [0.2, 0.25) is 0 Å². The number of hydrogen-bond acceptors (Lipinski definition) is 4. The van der Waals surface area contributed by atoms with Crippen LogP contribution < -0.4 is 0 Å². The molecule has 132 valence electrons. The number of aromatic amines is 1. The quantitative estimate of drug-likeness (QED) is 0.790. The second-order valence-electron chi connectivity index (χ2n) is 7.09. The van der Waals surface area contributed by atoms with E-state index in [4.69, 9.17) is 4.74 Å². The number of aryl methyl sites for hydroxylation is 1. The topological polar surface area (TPSA) is 71.1 Å². The fraction of sp³-hybridized carbons (Fsp3) is 0.350. The van der Waals surface area contributed by atoms with E-state index in [9.17, 15) is 4.79 Å². The third kappa shape index (κ3) is 2.18. The number of rotatable bonds is 3. The lowest BCUT2D eigenvalue weighted by Gasteiger charge is -2.47. The van der Waals surface area contributed by atoms with Crippen LogP contribution in [0.1, 0.15) is 40.8 Å². The Morgan fingerprint density at radius 2 is 2.23 bits per heavy atom. The maximum atomic E-state index is 13.0. The number of likely N-dealkylation sites (tertiary alicyclic amines) is 1. The molecule has 0 atom stereocenters. The predicted molar refractivity (Wildman–Crippen MR) is 96.7 cm³/mol. The van der Waals surface area contributed by atoms with Crippen LogP contribution in [0.2, 0.25) is 0 Å². The van der Waals surface area contributed by atoms with E-state index in [0.717, 1.165) is 46.4 Å². The van der Waals surface area contributed by atoms with Crippen LogP contribution in [0.4, 0.5) is 0 Å². The lowest BCUT2D eigenvalue weighted by Crippen LogP contribution is -2.61. The van der Waals surface area contributed by atoms with Gasteiger partial charge < -0.3 is 14.6 Å². The Morgan fingerprint density at radius 3 is 3.08 bits per heavy atom. The highest BCUT2D eigenvalue weighted by molar-refractivity contribution is 6.06. The second kappa shape index (κ2) is 5.64. The number of benzene rings is 1. The number of amides is 1. The summed E-state index contributed by atoms with van der Waals surface area (Å²) in [5, 5.41) is 0.957. The van der Waals surface area contributed by atoms with Gasteiger partial charge in [0, 0.05) is 40.8 Å². The smallest absolute Gasteiger partial charge is 0.254 e. The molecule has 1 aromatic carbocycles. The van der Waals surface area contributed by atoms with E-state index in [1.807, 2.05) is 41.6 Å². The molecule has 6 nitrogen and oxygen atoms in total. The van der Waals surface area contributed by atoms with Crippen molar-refractivity contribution in [1.29, 1.82) is 0 Å². The molecular weight excluding hydrogens is 328 g/mol. The first kappa shape index (κ1) is 15.5. The molecular formula is C20H20N4O2. The first-order valence-electron chi connectivity index (χ1n) is 9.05. The Bertz CT molecular complexity index is 1000. The maximum Gasteiger partial charge on any atom is 0.254 e. The minimum Gasteiger partial charge on any atom is -0.361 e. The number of ether oxygens (including phenoxy) is 1. The summed E-state index contributed by atoms with van der Waals surface area (Å²) < 4.78 is 6.07. The van der Waals surface area contributed by atoms with Crippen LogP contribution in [-0.2, 0) is 23.4 Å². The lowest BCUT2D eigenvalue weighted by atomic mass is 9.86. The molecule has 0 radical (unpaired) electrons. The molecule has 2 aromatic heterocycles. The second-order valence-corrected chi connectivity index (χ2v) is 7.09. The third-order valence-corrected chi connectivity index (χ3v) is 5.37. The van der Waals surface area contributed by atoms with Gasteiger partial charge in [-0.25, -0.2) is 9.97 Å². The standard InChI is InChI=1S/C20H20N4O2/c1-2-4-18-22-9-15-17(23-18)10-26-20(15)11-24(12-20)19(25)14-5-3-6-16-13(14)7-8-21-16/h3,5-9,21H,2,4,10-12H2,1H3. The van der Waals surface area contributed by atoms with Crippen molar-refractivity contribution in [3.05, 3.63) is 59.3 Å². The minimum absolute atomic E-state index is 0.0430. The normalized spacial score (nSPS) is 17.5. The molecule has 26 heavy (non-hydrogen) atoms. The summed E-state index contributed by atoms with van der Waals surface area (Å²) in [6.07, 6.45) is 5.67. The number of aromatic nitrogens is 3. The maximum absolute atomic E-state index is 13.0.